The van der Waals surface area contributed by atoms with E-state index in [0.717, 1.165) is 0 Å². The SMILES string of the molecule is CC(C)(Oc1ccc(C(=O)c2ccc(Cl)cc2)cc1)C(=O)NCCCCCO[N+](=O)[O-]. The van der Waals surface area contributed by atoms with Crippen LogP contribution in [0.2, 0.25) is 5.02 Å². The fourth-order valence-corrected chi connectivity index (χ4v) is 2.87. The lowest BCUT2D eigenvalue weighted by molar-refractivity contribution is -0.757. The number of nitrogens with zero attached hydrogens (tertiary/aromatic N) is 1. The van der Waals surface area contributed by atoms with Gasteiger partial charge in [0, 0.05) is 22.7 Å². The molecule has 2 rings (SSSR count). The van der Waals surface area contributed by atoms with E-state index >= 15 is 0 Å². The second kappa shape index (κ2) is 11.3. The van der Waals surface area contributed by atoms with Crippen molar-refractivity contribution in [3.05, 3.63) is 74.8 Å². The van der Waals surface area contributed by atoms with Gasteiger partial charge in [-0.2, -0.15) is 0 Å². The molecule has 0 aliphatic rings. The molecular weight excluding hydrogens is 424 g/mol. The molecule has 0 spiro atoms. The zero-order chi connectivity index (χ0) is 22.9. The molecule has 0 saturated carbocycles. The van der Waals surface area contributed by atoms with Gasteiger partial charge in [-0.25, -0.2) is 0 Å². The number of rotatable bonds is 12. The number of ether oxygens (including phenoxy) is 1. The highest BCUT2D eigenvalue weighted by Crippen LogP contribution is 2.21. The molecule has 8 nitrogen and oxygen atoms in total. The second-order valence-electron chi connectivity index (χ2n) is 7.35. The minimum Gasteiger partial charge on any atom is -0.478 e. The van der Waals surface area contributed by atoms with Crippen molar-refractivity contribution in [1.29, 1.82) is 0 Å². The molecule has 0 atom stereocenters. The van der Waals surface area contributed by atoms with E-state index in [1.165, 1.54) is 0 Å². The fraction of sp³-hybridized carbons (Fsp3) is 0.364. The van der Waals surface area contributed by atoms with E-state index in [4.69, 9.17) is 16.3 Å². The molecule has 2 aromatic carbocycles. The Labute approximate surface area is 185 Å². The van der Waals surface area contributed by atoms with E-state index in [-0.39, 0.29) is 18.3 Å². The Bertz CT molecular complexity index is 897. The van der Waals surface area contributed by atoms with Gasteiger partial charge in [-0.3, -0.25) is 9.59 Å². The summed E-state index contributed by atoms with van der Waals surface area (Å²) in [4.78, 5) is 39.2. The highest BCUT2D eigenvalue weighted by Gasteiger charge is 2.29. The van der Waals surface area contributed by atoms with Crippen LogP contribution in [0.25, 0.3) is 0 Å². The normalized spacial score (nSPS) is 10.9. The molecule has 31 heavy (non-hydrogen) atoms. The molecule has 166 valence electrons. The number of hydrogen-bond acceptors (Lipinski definition) is 6. The van der Waals surface area contributed by atoms with Gasteiger partial charge in [0.25, 0.3) is 11.0 Å². The van der Waals surface area contributed by atoms with Crippen LogP contribution in [-0.2, 0) is 9.63 Å². The van der Waals surface area contributed by atoms with Crippen molar-refractivity contribution in [2.75, 3.05) is 13.2 Å². The molecule has 2 aromatic rings. The molecule has 9 heteroatoms. The van der Waals surface area contributed by atoms with Crippen LogP contribution in [0.4, 0.5) is 0 Å². The molecule has 0 unspecified atom stereocenters. The highest BCUT2D eigenvalue weighted by molar-refractivity contribution is 6.30. The number of carbonyl (C=O) groups excluding carboxylic acids is 2. The summed E-state index contributed by atoms with van der Waals surface area (Å²) in [6.45, 7) is 3.78. The quantitative estimate of drug-likeness (QED) is 0.225. The number of halogens is 1. The van der Waals surface area contributed by atoms with Crippen LogP contribution in [0, 0.1) is 10.1 Å². The number of hydrogen-bond donors (Lipinski definition) is 1. The average Bonchev–Trinajstić information content (AvgIpc) is 2.73. The van der Waals surface area contributed by atoms with Gasteiger partial charge in [0.05, 0.1) is 6.61 Å². The van der Waals surface area contributed by atoms with E-state index in [1.54, 1.807) is 62.4 Å². The lowest BCUT2D eigenvalue weighted by Crippen LogP contribution is -2.46. The smallest absolute Gasteiger partial charge is 0.294 e. The van der Waals surface area contributed by atoms with E-state index in [9.17, 15) is 19.7 Å². The Balaban J connectivity index is 1.82. The predicted octanol–water partition coefficient (Wildman–Crippen LogP) is 4.22. The standard InChI is InChI=1S/C22H25ClN2O6/c1-22(2,21(27)24-14-4-3-5-15-30-25(28)29)31-19-12-8-17(9-13-19)20(26)16-6-10-18(23)11-7-16/h6-13H,3-5,14-15H2,1-2H3,(H,24,27). The summed E-state index contributed by atoms with van der Waals surface area (Å²) in [5, 5.41) is 12.6. The van der Waals surface area contributed by atoms with Crippen LogP contribution < -0.4 is 10.1 Å². The molecule has 0 aliphatic heterocycles. The highest BCUT2D eigenvalue weighted by atomic mass is 35.5. The molecule has 0 saturated heterocycles. The molecule has 0 aliphatic carbocycles. The molecule has 0 fully saturated rings. The van der Waals surface area contributed by atoms with E-state index in [1.807, 2.05) is 0 Å². The van der Waals surface area contributed by atoms with Crippen molar-refractivity contribution < 1.29 is 24.3 Å². The van der Waals surface area contributed by atoms with E-state index < -0.39 is 10.7 Å². The van der Waals surface area contributed by atoms with Gasteiger partial charge >= 0.3 is 0 Å². The fourth-order valence-electron chi connectivity index (χ4n) is 2.74. The third kappa shape index (κ3) is 7.90. The molecule has 0 heterocycles. The summed E-state index contributed by atoms with van der Waals surface area (Å²) in [5.74, 6) is 0.0453. The van der Waals surface area contributed by atoms with Gasteiger partial charge in [-0.05, 0) is 81.6 Å². The molecule has 1 amide bonds. The van der Waals surface area contributed by atoms with Crippen molar-refractivity contribution in [1.82, 2.24) is 5.32 Å². The maximum Gasteiger partial charge on any atom is 0.294 e. The monoisotopic (exact) mass is 448 g/mol. The van der Waals surface area contributed by atoms with Crippen molar-refractivity contribution in [3.63, 3.8) is 0 Å². The maximum absolute atomic E-state index is 12.5. The third-order valence-electron chi connectivity index (χ3n) is 4.45. The Morgan fingerprint density at radius 3 is 2.16 bits per heavy atom. The lowest BCUT2D eigenvalue weighted by atomic mass is 10.0. The van der Waals surface area contributed by atoms with Gasteiger partial charge in [0.1, 0.15) is 5.75 Å². The summed E-state index contributed by atoms with van der Waals surface area (Å²) in [5.41, 5.74) is -0.0862. The summed E-state index contributed by atoms with van der Waals surface area (Å²) >= 11 is 5.85. The largest absolute Gasteiger partial charge is 0.478 e. The van der Waals surface area contributed by atoms with E-state index in [2.05, 4.69) is 10.2 Å². The first kappa shape index (κ1) is 24.1. The molecule has 0 radical (unpaired) electrons. The zero-order valence-electron chi connectivity index (χ0n) is 17.4. The number of carbonyl (C=O) groups is 2. The first-order chi connectivity index (χ1) is 14.7. The van der Waals surface area contributed by atoms with Crippen LogP contribution in [0.5, 0.6) is 5.75 Å². The van der Waals surface area contributed by atoms with Crippen LogP contribution in [0.1, 0.15) is 49.0 Å². The topological polar surface area (TPSA) is 108 Å². The number of benzene rings is 2. The summed E-state index contributed by atoms with van der Waals surface area (Å²) in [7, 11) is 0. The maximum atomic E-state index is 12.5. The predicted molar refractivity (Wildman–Crippen MR) is 116 cm³/mol. The van der Waals surface area contributed by atoms with E-state index in [0.29, 0.717) is 47.7 Å². The molecule has 0 aromatic heterocycles. The van der Waals surface area contributed by atoms with Gasteiger partial charge in [0.15, 0.2) is 11.4 Å². The number of unbranched alkanes of at least 4 members (excludes halogenated alkanes) is 2. The van der Waals surface area contributed by atoms with Crippen LogP contribution in [0.3, 0.4) is 0 Å². The number of nitrogens with one attached hydrogen (secondary N) is 1. The van der Waals surface area contributed by atoms with Gasteiger partial charge in [-0.15, -0.1) is 10.1 Å². The van der Waals surface area contributed by atoms with Crippen molar-refractivity contribution in [2.45, 2.75) is 38.7 Å². The summed E-state index contributed by atoms with van der Waals surface area (Å²) in [6.07, 6.45) is 1.90. The van der Waals surface area contributed by atoms with Crippen LogP contribution in [-0.4, -0.2) is 35.5 Å². The molecule has 1 N–H and O–H groups in total. The Morgan fingerprint density at radius 1 is 1.00 bits per heavy atom. The first-order valence-electron chi connectivity index (χ1n) is 9.84. The number of amides is 1. The summed E-state index contributed by atoms with van der Waals surface area (Å²) < 4.78 is 5.81. The van der Waals surface area contributed by atoms with Crippen molar-refractivity contribution in [3.8, 4) is 5.75 Å². The minimum absolute atomic E-state index is 0.0477. The second-order valence-corrected chi connectivity index (χ2v) is 7.78. The summed E-state index contributed by atoms with van der Waals surface area (Å²) in [6, 6.07) is 13.2. The van der Waals surface area contributed by atoms with Gasteiger partial charge in [0.2, 0.25) is 0 Å². The lowest BCUT2D eigenvalue weighted by Gasteiger charge is -2.25. The third-order valence-corrected chi connectivity index (χ3v) is 4.70. The van der Waals surface area contributed by atoms with Gasteiger partial charge < -0.3 is 14.9 Å². The first-order valence-corrected chi connectivity index (χ1v) is 10.2. The van der Waals surface area contributed by atoms with Gasteiger partial charge in [-0.1, -0.05) is 11.6 Å². The average molecular weight is 449 g/mol. The Morgan fingerprint density at radius 2 is 1.58 bits per heavy atom. The Hall–Kier alpha value is -3.13. The van der Waals surface area contributed by atoms with Crippen LogP contribution in [0.15, 0.2) is 48.5 Å². The zero-order valence-corrected chi connectivity index (χ0v) is 18.2. The van der Waals surface area contributed by atoms with Crippen molar-refractivity contribution >= 4 is 23.3 Å². The number of ketones is 1. The van der Waals surface area contributed by atoms with Crippen molar-refractivity contribution in [2.24, 2.45) is 0 Å². The minimum atomic E-state index is -1.11. The Kier molecular flexibility index (Phi) is 8.81. The molecule has 0 bridgehead atoms. The molecular formula is C22H25ClN2O6. The van der Waals surface area contributed by atoms with Crippen LogP contribution >= 0.6 is 11.6 Å².